The minimum absolute atomic E-state index is 0.0533. The molecule has 2 aromatic rings. The van der Waals surface area contributed by atoms with E-state index in [1.54, 1.807) is 18.5 Å². The average molecular weight is 190 g/mol. The van der Waals surface area contributed by atoms with Crippen LogP contribution in [0.2, 0.25) is 0 Å². The lowest BCUT2D eigenvalue weighted by Gasteiger charge is -1.95. The zero-order valence-corrected chi connectivity index (χ0v) is 7.78. The molecule has 0 fully saturated rings. The van der Waals surface area contributed by atoms with Crippen LogP contribution in [0.15, 0.2) is 29.1 Å². The molecule has 0 bridgehead atoms. The molecule has 4 nitrogen and oxygen atoms in total. The third-order valence-corrected chi connectivity index (χ3v) is 2.00. The van der Waals surface area contributed by atoms with Crippen LogP contribution in [0, 0.1) is 6.92 Å². The summed E-state index contributed by atoms with van der Waals surface area (Å²) in [7, 11) is 0. The molecule has 0 spiro atoms. The van der Waals surface area contributed by atoms with Gasteiger partial charge in [-0.25, -0.2) is 4.98 Å². The van der Waals surface area contributed by atoms with Gasteiger partial charge in [-0.05, 0) is 18.6 Å². The second-order valence-electron chi connectivity index (χ2n) is 3.07. The predicted molar refractivity (Wildman–Crippen MR) is 50.1 cm³/mol. The Morgan fingerprint density at radius 2 is 2.50 bits per heavy atom. The molecular weight excluding hydrogens is 180 g/mol. The maximum Gasteiger partial charge on any atom is 0.205 e. The number of aromatic amines is 1. The molecular formula is C10H10N2O2. The summed E-state index contributed by atoms with van der Waals surface area (Å²) in [6.45, 7) is 1.85. The van der Waals surface area contributed by atoms with Gasteiger partial charge in [0.25, 0.3) is 0 Å². The van der Waals surface area contributed by atoms with Gasteiger partial charge in [-0.3, -0.25) is 4.79 Å². The van der Waals surface area contributed by atoms with E-state index in [1.807, 2.05) is 6.92 Å². The summed E-state index contributed by atoms with van der Waals surface area (Å²) in [4.78, 5) is 18.5. The predicted octanol–water partition coefficient (Wildman–Crippen LogP) is 1.74. The largest absolute Gasteiger partial charge is 0.461 e. The molecule has 0 radical (unpaired) electrons. The first-order valence-electron chi connectivity index (χ1n) is 4.33. The van der Waals surface area contributed by atoms with Crippen LogP contribution in [-0.4, -0.2) is 15.8 Å². The smallest absolute Gasteiger partial charge is 0.205 e. The van der Waals surface area contributed by atoms with E-state index in [4.69, 9.17) is 4.42 Å². The number of carbonyl (C=O) groups is 1. The van der Waals surface area contributed by atoms with Crippen molar-refractivity contribution in [2.75, 3.05) is 0 Å². The third kappa shape index (κ3) is 1.59. The van der Waals surface area contributed by atoms with E-state index in [0.717, 1.165) is 5.56 Å². The number of rotatable bonds is 3. The maximum absolute atomic E-state index is 11.6. The van der Waals surface area contributed by atoms with Gasteiger partial charge in [0.2, 0.25) is 5.78 Å². The highest BCUT2D eigenvalue weighted by atomic mass is 16.3. The van der Waals surface area contributed by atoms with Gasteiger partial charge in [-0.1, -0.05) is 0 Å². The lowest BCUT2D eigenvalue weighted by molar-refractivity contribution is 0.0963. The van der Waals surface area contributed by atoms with Crippen molar-refractivity contribution in [2.24, 2.45) is 0 Å². The number of H-pyrrole nitrogens is 1. The second-order valence-corrected chi connectivity index (χ2v) is 3.07. The van der Waals surface area contributed by atoms with Crippen LogP contribution in [0.25, 0.3) is 0 Å². The van der Waals surface area contributed by atoms with Crippen LogP contribution in [0.1, 0.15) is 21.9 Å². The molecule has 0 aliphatic carbocycles. The molecule has 14 heavy (non-hydrogen) atoms. The van der Waals surface area contributed by atoms with Crippen LogP contribution < -0.4 is 0 Å². The van der Waals surface area contributed by atoms with E-state index in [1.165, 1.54) is 6.26 Å². The van der Waals surface area contributed by atoms with Crippen LogP contribution in [0.3, 0.4) is 0 Å². The van der Waals surface area contributed by atoms with E-state index in [0.29, 0.717) is 11.6 Å². The molecule has 0 aliphatic rings. The van der Waals surface area contributed by atoms with Gasteiger partial charge in [0, 0.05) is 12.4 Å². The Morgan fingerprint density at radius 3 is 3.07 bits per heavy atom. The van der Waals surface area contributed by atoms with Crippen LogP contribution in [0.5, 0.6) is 0 Å². The summed E-state index contributed by atoms with van der Waals surface area (Å²) in [6.07, 6.45) is 5.08. The Labute approximate surface area is 81.0 Å². The first-order chi connectivity index (χ1) is 6.77. The zero-order chi connectivity index (χ0) is 9.97. The van der Waals surface area contributed by atoms with Crippen molar-refractivity contribution < 1.29 is 9.21 Å². The maximum atomic E-state index is 11.6. The Morgan fingerprint density at radius 1 is 1.64 bits per heavy atom. The summed E-state index contributed by atoms with van der Waals surface area (Å²) in [5, 5.41) is 0. The number of Topliss-reactive ketones (excluding diaryl/α,β-unsaturated/α-hetero) is 1. The molecule has 2 aromatic heterocycles. The SMILES string of the molecule is Cc1ccoc1C(=O)Cc1ncc[nH]1. The minimum atomic E-state index is -0.0533. The van der Waals surface area contributed by atoms with Crippen molar-refractivity contribution in [3.05, 3.63) is 41.9 Å². The first kappa shape index (κ1) is 8.74. The van der Waals surface area contributed by atoms with Crippen LogP contribution >= 0.6 is 0 Å². The quantitative estimate of drug-likeness (QED) is 0.750. The molecule has 0 unspecified atom stereocenters. The normalized spacial score (nSPS) is 10.4. The number of imidazole rings is 1. The molecule has 4 heteroatoms. The van der Waals surface area contributed by atoms with E-state index >= 15 is 0 Å². The number of ketones is 1. The monoisotopic (exact) mass is 190 g/mol. The molecule has 72 valence electrons. The van der Waals surface area contributed by atoms with E-state index in [2.05, 4.69) is 9.97 Å². The lowest BCUT2D eigenvalue weighted by Crippen LogP contribution is -2.04. The highest BCUT2D eigenvalue weighted by molar-refractivity contribution is 5.95. The summed E-state index contributed by atoms with van der Waals surface area (Å²) < 4.78 is 5.08. The summed E-state index contributed by atoms with van der Waals surface area (Å²) in [5.41, 5.74) is 0.863. The van der Waals surface area contributed by atoms with E-state index in [9.17, 15) is 4.79 Å². The second kappa shape index (κ2) is 3.49. The van der Waals surface area contributed by atoms with Crippen molar-refractivity contribution in [3.63, 3.8) is 0 Å². The van der Waals surface area contributed by atoms with E-state index in [-0.39, 0.29) is 12.2 Å². The van der Waals surface area contributed by atoms with Crippen molar-refractivity contribution in [2.45, 2.75) is 13.3 Å². The Kier molecular flexibility index (Phi) is 2.18. The number of aromatic nitrogens is 2. The van der Waals surface area contributed by atoms with Crippen molar-refractivity contribution in [1.29, 1.82) is 0 Å². The molecule has 0 aromatic carbocycles. The number of furan rings is 1. The molecule has 0 amide bonds. The van der Waals surface area contributed by atoms with Gasteiger partial charge in [-0.15, -0.1) is 0 Å². The van der Waals surface area contributed by atoms with Crippen molar-refractivity contribution in [1.82, 2.24) is 9.97 Å². The number of aryl methyl sites for hydroxylation is 1. The molecule has 1 N–H and O–H groups in total. The lowest BCUT2D eigenvalue weighted by atomic mass is 10.1. The number of nitrogens with zero attached hydrogens (tertiary/aromatic N) is 1. The van der Waals surface area contributed by atoms with Crippen molar-refractivity contribution >= 4 is 5.78 Å². The molecule has 0 saturated heterocycles. The van der Waals surface area contributed by atoms with Crippen molar-refractivity contribution in [3.8, 4) is 0 Å². The Bertz CT molecular complexity index is 429. The number of hydrogen-bond donors (Lipinski definition) is 1. The fourth-order valence-corrected chi connectivity index (χ4v) is 1.29. The standard InChI is InChI=1S/C10H10N2O2/c1-7-2-5-14-10(7)8(13)6-9-11-3-4-12-9/h2-5H,6H2,1H3,(H,11,12). The number of carbonyl (C=O) groups excluding carboxylic acids is 1. The summed E-state index contributed by atoms with van der Waals surface area (Å²) in [5.74, 6) is 1.02. The van der Waals surface area contributed by atoms with Gasteiger partial charge >= 0.3 is 0 Å². The molecule has 2 heterocycles. The van der Waals surface area contributed by atoms with Gasteiger partial charge in [0.15, 0.2) is 5.76 Å². The van der Waals surface area contributed by atoms with Gasteiger partial charge < -0.3 is 9.40 Å². The zero-order valence-electron chi connectivity index (χ0n) is 7.78. The van der Waals surface area contributed by atoms with Gasteiger partial charge in [0.05, 0.1) is 12.7 Å². The fraction of sp³-hybridized carbons (Fsp3) is 0.200. The third-order valence-electron chi connectivity index (χ3n) is 2.00. The first-order valence-corrected chi connectivity index (χ1v) is 4.33. The average Bonchev–Trinajstić information content (AvgIpc) is 2.75. The van der Waals surface area contributed by atoms with Crippen LogP contribution in [0.4, 0.5) is 0 Å². The van der Waals surface area contributed by atoms with Gasteiger partial charge in [0.1, 0.15) is 5.82 Å². The summed E-state index contributed by atoms with van der Waals surface area (Å²) >= 11 is 0. The molecule has 2 rings (SSSR count). The number of hydrogen-bond acceptors (Lipinski definition) is 3. The van der Waals surface area contributed by atoms with Crippen LogP contribution in [-0.2, 0) is 6.42 Å². The summed E-state index contributed by atoms with van der Waals surface area (Å²) in [6, 6.07) is 1.77. The van der Waals surface area contributed by atoms with E-state index < -0.39 is 0 Å². The fourth-order valence-electron chi connectivity index (χ4n) is 1.29. The Balaban J connectivity index is 2.14. The van der Waals surface area contributed by atoms with Gasteiger partial charge in [-0.2, -0.15) is 0 Å². The highest BCUT2D eigenvalue weighted by Gasteiger charge is 2.13. The molecule has 0 atom stereocenters. The minimum Gasteiger partial charge on any atom is -0.461 e. The highest BCUT2D eigenvalue weighted by Crippen LogP contribution is 2.11. The number of nitrogens with one attached hydrogen (secondary N) is 1. The Hall–Kier alpha value is -1.84. The molecule has 0 aliphatic heterocycles. The topological polar surface area (TPSA) is 58.9 Å². The molecule has 0 saturated carbocycles.